The van der Waals surface area contributed by atoms with Gasteiger partial charge in [0, 0.05) is 10.4 Å². The van der Waals surface area contributed by atoms with E-state index < -0.39 is 5.97 Å². The standard InChI is InChI=1S/C14H14FNO2S/c1-3-10-11(8-4-6-9(15)7-5-8)12(13(16)19-10)14(17)18-2/h4-7H,3,16H2,1-2H3. The summed E-state index contributed by atoms with van der Waals surface area (Å²) in [5.41, 5.74) is 7.79. The zero-order chi connectivity index (χ0) is 14.0. The van der Waals surface area contributed by atoms with Crippen LogP contribution in [0.15, 0.2) is 24.3 Å². The first-order valence-corrected chi connectivity index (χ1v) is 6.65. The van der Waals surface area contributed by atoms with Crippen LogP contribution in [0.25, 0.3) is 11.1 Å². The van der Waals surface area contributed by atoms with Crippen LogP contribution < -0.4 is 5.73 Å². The van der Waals surface area contributed by atoms with Gasteiger partial charge < -0.3 is 10.5 Å². The van der Waals surface area contributed by atoms with Crippen molar-refractivity contribution < 1.29 is 13.9 Å². The van der Waals surface area contributed by atoms with Crippen molar-refractivity contribution in [2.75, 3.05) is 12.8 Å². The highest BCUT2D eigenvalue weighted by atomic mass is 32.1. The predicted octanol–water partition coefficient (Wildman–Crippen LogP) is 3.49. The minimum Gasteiger partial charge on any atom is -0.465 e. The molecule has 1 heterocycles. The Morgan fingerprint density at radius 3 is 2.53 bits per heavy atom. The molecule has 0 aliphatic carbocycles. The molecule has 0 bridgehead atoms. The van der Waals surface area contributed by atoms with Gasteiger partial charge in [-0.05, 0) is 24.1 Å². The van der Waals surface area contributed by atoms with Gasteiger partial charge in [0.15, 0.2) is 0 Å². The largest absolute Gasteiger partial charge is 0.465 e. The third kappa shape index (κ3) is 2.46. The van der Waals surface area contributed by atoms with E-state index in [4.69, 9.17) is 10.5 Å². The van der Waals surface area contributed by atoms with Crippen molar-refractivity contribution in [3.63, 3.8) is 0 Å². The maximum absolute atomic E-state index is 13.0. The maximum Gasteiger partial charge on any atom is 0.341 e. The smallest absolute Gasteiger partial charge is 0.341 e. The predicted molar refractivity (Wildman–Crippen MR) is 74.8 cm³/mol. The lowest BCUT2D eigenvalue weighted by Gasteiger charge is -2.06. The molecule has 0 saturated carbocycles. The average molecular weight is 279 g/mol. The number of thiophene rings is 1. The van der Waals surface area contributed by atoms with Crippen LogP contribution in [0.3, 0.4) is 0 Å². The highest BCUT2D eigenvalue weighted by Gasteiger charge is 2.23. The van der Waals surface area contributed by atoms with Gasteiger partial charge in [-0.3, -0.25) is 0 Å². The zero-order valence-corrected chi connectivity index (χ0v) is 11.5. The second-order valence-electron chi connectivity index (χ2n) is 3.99. The zero-order valence-electron chi connectivity index (χ0n) is 10.7. The number of nitrogen functional groups attached to an aromatic ring is 1. The molecule has 0 fully saturated rings. The molecular weight excluding hydrogens is 265 g/mol. The molecule has 2 N–H and O–H groups in total. The van der Waals surface area contributed by atoms with Gasteiger partial charge in [0.05, 0.1) is 7.11 Å². The molecule has 1 aromatic carbocycles. The van der Waals surface area contributed by atoms with Crippen molar-refractivity contribution in [1.82, 2.24) is 0 Å². The fourth-order valence-electron chi connectivity index (χ4n) is 1.97. The van der Waals surface area contributed by atoms with E-state index in [0.717, 1.165) is 22.4 Å². The number of rotatable bonds is 3. The monoisotopic (exact) mass is 279 g/mol. The second kappa shape index (κ2) is 5.40. The third-order valence-corrected chi connectivity index (χ3v) is 4.02. The number of halogens is 1. The molecule has 0 aliphatic heterocycles. The van der Waals surface area contributed by atoms with Crippen molar-refractivity contribution in [3.8, 4) is 11.1 Å². The Bertz CT molecular complexity index is 605. The van der Waals surface area contributed by atoms with E-state index in [-0.39, 0.29) is 5.82 Å². The maximum atomic E-state index is 13.0. The van der Waals surface area contributed by atoms with E-state index in [9.17, 15) is 9.18 Å². The Kier molecular flexibility index (Phi) is 3.85. The van der Waals surface area contributed by atoms with Crippen molar-refractivity contribution in [3.05, 3.63) is 40.5 Å². The van der Waals surface area contributed by atoms with Crippen LogP contribution in [0.2, 0.25) is 0 Å². The number of esters is 1. The highest BCUT2D eigenvalue weighted by molar-refractivity contribution is 7.17. The Morgan fingerprint density at radius 1 is 1.37 bits per heavy atom. The molecule has 0 saturated heterocycles. The lowest BCUT2D eigenvalue weighted by atomic mass is 10.0. The van der Waals surface area contributed by atoms with Gasteiger partial charge in [0.1, 0.15) is 16.4 Å². The van der Waals surface area contributed by atoms with Crippen molar-refractivity contribution in [1.29, 1.82) is 0 Å². The van der Waals surface area contributed by atoms with Crippen LogP contribution >= 0.6 is 11.3 Å². The Labute approximate surface area is 114 Å². The SMILES string of the molecule is CCc1sc(N)c(C(=O)OC)c1-c1ccc(F)cc1. The van der Waals surface area contributed by atoms with Gasteiger partial charge >= 0.3 is 5.97 Å². The van der Waals surface area contributed by atoms with E-state index in [1.165, 1.54) is 30.6 Å². The third-order valence-electron chi connectivity index (χ3n) is 2.85. The van der Waals surface area contributed by atoms with Crippen molar-refractivity contribution in [2.45, 2.75) is 13.3 Å². The number of hydrogen-bond donors (Lipinski definition) is 1. The summed E-state index contributed by atoms with van der Waals surface area (Å²) in [6.45, 7) is 1.99. The average Bonchev–Trinajstić information content (AvgIpc) is 2.75. The summed E-state index contributed by atoms with van der Waals surface area (Å²) in [6, 6.07) is 6.01. The Hall–Kier alpha value is -1.88. The summed E-state index contributed by atoms with van der Waals surface area (Å²) in [6.07, 6.45) is 0.749. The summed E-state index contributed by atoms with van der Waals surface area (Å²) in [5.74, 6) is -0.780. The van der Waals surface area contributed by atoms with Gasteiger partial charge in [-0.2, -0.15) is 0 Å². The molecule has 19 heavy (non-hydrogen) atoms. The molecule has 2 rings (SSSR count). The van der Waals surface area contributed by atoms with E-state index in [0.29, 0.717) is 10.6 Å². The number of carbonyl (C=O) groups is 1. The van der Waals surface area contributed by atoms with Gasteiger partial charge in [-0.1, -0.05) is 19.1 Å². The molecule has 0 spiro atoms. The van der Waals surface area contributed by atoms with Crippen LogP contribution in [-0.2, 0) is 11.2 Å². The van der Waals surface area contributed by atoms with Gasteiger partial charge in [-0.25, -0.2) is 9.18 Å². The number of carbonyl (C=O) groups excluding carboxylic acids is 1. The number of benzene rings is 1. The molecular formula is C14H14FNO2S. The number of methoxy groups -OCH3 is 1. The Balaban J connectivity index is 2.66. The fourth-order valence-corrected chi connectivity index (χ4v) is 2.99. The molecule has 1 aromatic heterocycles. The fraction of sp³-hybridized carbons (Fsp3) is 0.214. The summed E-state index contributed by atoms with van der Waals surface area (Å²) >= 11 is 1.37. The van der Waals surface area contributed by atoms with Crippen LogP contribution in [0.4, 0.5) is 9.39 Å². The summed E-state index contributed by atoms with van der Waals surface area (Å²) < 4.78 is 17.8. The van der Waals surface area contributed by atoms with Crippen LogP contribution in [-0.4, -0.2) is 13.1 Å². The summed E-state index contributed by atoms with van der Waals surface area (Å²) in [7, 11) is 1.32. The quantitative estimate of drug-likeness (QED) is 0.875. The van der Waals surface area contributed by atoms with Gasteiger partial charge in [0.2, 0.25) is 0 Å². The summed E-state index contributed by atoms with van der Waals surface area (Å²) in [5, 5.41) is 0.433. The summed E-state index contributed by atoms with van der Waals surface area (Å²) in [4.78, 5) is 12.8. The number of anilines is 1. The van der Waals surface area contributed by atoms with E-state index in [2.05, 4.69) is 0 Å². The number of nitrogens with two attached hydrogens (primary N) is 1. The van der Waals surface area contributed by atoms with E-state index >= 15 is 0 Å². The van der Waals surface area contributed by atoms with Gasteiger partial charge in [-0.15, -0.1) is 11.3 Å². The molecule has 0 aliphatic rings. The number of aryl methyl sites for hydroxylation is 1. The van der Waals surface area contributed by atoms with E-state index in [1.54, 1.807) is 12.1 Å². The normalized spacial score (nSPS) is 10.5. The molecule has 0 radical (unpaired) electrons. The van der Waals surface area contributed by atoms with Crippen LogP contribution in [0.1, 0.15) is 22.2 Å². The first-order chi connectivity index (χ1) is 9.08. The molecule has 0 atom stereocenters. The highest BCUT2D eigenvalue weighted by Crippen LogP contribution is 2.39. The van der Waals surface area contributed by atoms with Crippen molar-refractivity contribution >= 4 is 22.3 Å². The molecule has 2 aromatic rings. The molecule has 0 amide bonds. The molecule has 5 heteroatoms. The van der Waals surface area contributed by atoms with Crippen LogP contribution in [0, 0.1) is 5.82 Å². The topological polar surface area (TPSA) is 52.3 Å². The second-order valence-corrected chi connectivity index (χ2v) is 5.13. The first-order valence-electron chi connectivity index (χ1n) is 5.83. The number of hydrogen-bond acceptors (Lipinski definition) is 4. The minimum atomic E-state index is -0.465. The molecule has 0 unspecified atom stereocenters. The minimum absolute atomic E-state index is 0.315. The lowest BCUT2D eigenvalue weighted by molar-refractivity contribution is 0.0603. The lowest BCUT2D eigenvalue weighted by Crippen LogP contribution is -2.04. The van der Waals surface area contributed by atoms with E-state index in [1.807, 2.05) is 6.92 Å². The number of ether oxygens (including phenoxy) is 1. The molecule has 3 nitrogen and oxygen atoms in total. The Morgan fingerprint density at radius 2 is 2.00 bits per heavy atom. The van der Waals surface area contributed by atoms with Crippen LogP contribution in [0.5, 0.6) is 0 Å². The first kappa shape index (κ1) is 13.5. The molecule has 100 valence electrons. The van der Waals surface area contributed by atoms with Gasteiger partial charge in [0.25, 0.3) is 0 Å². The van der Waals surface area contributed by atoms with Crippen molar-refractivity contribution in [2.24, 2.45) is 0 Å².